The van der Waals surface area contributed by atoms with Crippen LogP contribution in [0, 0.1) is 0 Å². The molecule has 1 aliphatic heterocycles. The number of methoxy groups -OCH3 is 1. The van der Waals surface area contributed by atoms with Gasteiger partial charge in [-0.25, -0.2) is 9.59 Å². The number of ether oxygens (including phenoxy) is 3. The van der Waals surface area contributed by atoms with Crippen LogP contribution in [0.1, 0.15) is 38.3 Å². The molecular formula is C26H31NO5. The van der Waals surface area contributed by atoms with Gasteiger partial charge in [-0.1, -0.05) is 42.5 Å². The highest BCUT2D eigenvalue weighted by atomic mass is 16.6. The summed E-state index contributed by atoms with van der Waals surface area (Å²) in [6.07, 6.45) is 0.735. The number of benzene rings is 2. The molecule has 2 aromatic carbocycles. The third-order valence-electron chi connectivity index (χ3n) is 5.15. The van der Waals surface area contributed by atoms with Crippen molar-refractivity contribution in [3.63, 3.8) is 0 Å². The Hall–Kier alpha value is -3.28. The van der Waals surface area contributed by atoms with E-state index in [1.807, 2.05) is 75.4 Å². The van der Waals surface area contributed by atoms with Crippen molar-refractivity contribution >= 4 is 17.6 Å². The molecule has 0 fully saturated rings. The van der Waals surface area contributed by atoms with Gasteiger partial charge in [-0.05, 0) is 56.0 Å². The summed E-state index contributed by atoms with van der Waals surface area (Å²) in [5.41, 5.74) is 2.84. The van der Waals surface area contributed by atoms with E-state index in [2.05, 4.69) is 0 Å². The van der Waals surface area contributed by atoms with Gasteiger partial charge < -0.3 is 19.1 Å². The molecule has 6 nitrogen and oxygen atoms in total. The average Bonchev–Trinajstić information content (AvgIpc) is 2.78. The monoisotopic (exact) mass is 437 g/mol. The van der Waals surface area contributed by atoms with Gasteiger partial charge in [-0.3, -0.25) is 0 Å². The first-order valence-electron chi connectivity index (χ1n) is 10.8. The van der Waals surface area contributed by atoms with E-state index in [-0.39, 0.29) is 13.2 Å². The van der Waals surface area contributed by atoms with Crippen LogP contribution in [0.3, 0.4) is 0 Å². The lowest BCUT2D eigenvalue weighted by atomic mass is 9.93. The molecule has 0 saturated heterocycles. The molecule has 170 valence electrons. The molecule has 0 aliphatic carbocycles. The zero-order chi connectivity index (χ0) is 23.1. The van der Waals surface area contributed by atoms with Crippen molar-refractivity contribution in [2.45, 2.75) is 39.2 Å². The van der Waals surface area contributed by atoms with Gasteiger partial charge in [0.05, 0.1) is 25.8 Å². The lowest BCUT2D eigenvalue weighted by Crippen LogP contribution is -2.42. The van der Waals surface area contributed by atoms with Gasteiger partial charge in [0.2, 0.25) is 0 Å². The van der Waals surface area contributed by atoms with E-state index < -0.39 is 17.7 Å². The Labute approximate surface area is 189 Å². The molecular weight excluding hydrogens is 406 g/mol. The Bertz CT molecular complexity index is 958. The first-order chi connectivity index (χ1) is 15.3. The van der Waals surface area contributed by atoms with Gasteiger partial charge in [0, 0.05) is 13.0 Å². The summed E-state index contributed by atoms with van der Waals surface area (Å²) in [7, 11) is 1.62. The molecule has 2 aromatic rings. The van der Waals surface area contributed by atoms with Crippen molar-refractivity contribution in [1.82, 2.24) is 4.90 Å². The lowest BCUT2D eigenvalue weighted by Gasteiger charge is -2.32. The summed E-state index contributed by atoms with van der Waals surface area (Å²) in [5.74, 6) is 0.387. The number of esters is 1. The molecule has 0 bridgehead atoms. The number of hydrogen-bond acceptors (Lipinski definition) is 5. The van der Waals surface area contributed by atoms with E-state index in [4.69, 9.17) is 14.2 Å². The van der Waals surface area contributed by atoms with Gasteiger partial charge in [0.15, 0.2) is 0 Å². The predicted molar refractivity (Wildman–Crippen MR) is 123 cm³/mol. The van der Waals surface area contributed by atoms with Crippen LogP contribution in [-0.2, 0) is 20.7 Å². The van der Waals surface area contributed by atoms with Crippen molar-refractivity contribution in [3.05, 3.63) is 71.3 Å². The number of nitrogens with zero attached hydrogens (tertiary/aromatic N) is 1. The van der Waals surface area contributed by atoms with Crippen LogP contribution in [-0.4, -0.2) is 49.4 Å². The highest BCUT2D eigenvalue weighted by Crippen LogP contribution is 2.29. The van der Waals surface area contributed by atoms with Crippen LogP contribution >= 0.6 is 0 Å². The van der Waals surface area contributed by atoms with E-state index in [9.17, 15) is 9.59 Å². The van der Waals surface area contributed by atoms with Gasteiger partial charge in [0.1, 0.15) is 11.4 Å². The number of rotatable bonds is 6. The van der Waals surface area contributed by atoms with Crippen LogP contribution in [0.2, 0.25) is 0 Å². The highest BCUT2D eigenvalue weighted by molar-refractivity contribution is 5.99. The Morgan fingerprint density at radius 2 is 1.69 bits per heavy atom. The smallest absolute Gasteiger partial charge is 0.410 e. The second kappa shape index (κ2) is 10.4. The zero-order valence-electron chi connectivity index (χ0n) is 19.2. The number of hydrogen-bond donors (Lipinski definition) is 0. The normalized spacial score (nSPS) is 14.2. The summed E-state index contributed by atoms with van der Waals surface area (Å²) in [4.78, 5) is 27.2. The standard InChI is InChI=1S/C26H31NO5/c1-26(2,3)32-25(29)27-16-14-22(20-8-6-5-7-9-20)23(18-27)24(28)31-17-15-19-10-12-21(30-4)13-11-19/h5-13H,14-18H2,1-4H3. The Morgan fingerprint density at radius 1 is 1.00 bits per heavy atom. The van der Waals surface area contributed by atoms with Crippen LogP contribution < -0.4 is 4.74 Å². The van der Waals surface area contributed by atoms with E-state index in [0.29, 0.717) is 25.0 Å². The SMILES string of the molecule is COc1ccc(CCOC(=O)C2=C(c3ccccc3)CCN(C(=O)OC(C)(C)C)C2)cc1. The fourth-order valence-corrected chi connectivity index (χ4v) is 3.53. The molecule has 0 atom stereocenters. The van der Waals surface area contributed by atoms with Crippen LogP contribution in [0.15, 0.2) is 60.2 Å². The first kappa shape index (κ1) is 23.4. The minimum absolute atomic E-state index is 0.167. The van der Waals surface area contributed by atoms with Gasteiger partial charge in [0.25, 0.3) is 0 Å². The number of carbonyl (C=O) groups excluding carboxylic acids is 2. The second-order valence-corrected chi connectivity index (χ2v) is 8.71. The van der Waals surface area contributed by atoms with Gasteiger partial charge >= 0.3 is 12.1 Å². The number of amides is 1. The first-order valence-corrected chi connectivity index (χ1v) is 10.8. The summed E-state index contributed by atoms with van der Waals surface area (Å²) < 4.78 is 16.3. The summed E-state index contributed by atoms with van der Waals surface area (Å²) >= 11 is 0. The van der Waals surface area contributed by atoms with E-state index >= 15 is 0 Å². The molecule has 0 N–H and O–H groups in total. The Balaban J connectivity index is 1.73. The molecule has 0 aromatic heterocycles. The predicted octanol–water partition coefficient (Wildman–Crippen LogP) is 4.88. The van der Waals surface area contributed by atoms with E-state index in [1.54, 1.807) is 12.0 Å². The van der Waals surface area contributed by atoms with E-state index in [0.717, 1.165) is 22.4 Å². The highest BCUT2D eigenvalue weighted by Gasteiger charge is 2.30. The van der Waals surface area contributed by atoms with Crippen molar-refractivity contribution in [1.29, 1.82) is 0 Å². The van der Waals surface area contributed by atoms with Gasteiger partial charge in [-0.2, -0.15) is 0 Å². The van der Waals surface area contributed by atoms with Crippen LogP contribution in [0.4, 0.5) is 4.79 Å². The maximum atomic E-state index is 13.0. The maximum Gasteiger partial charge on any atom is 0.410 e. The Kier molecular flexibility index (Phi) is 7.57. The molecule has 32 heavy (non-hydrogen) atoms. The molecule has 1 aliphatic rings. The zero-order valence-corrected chi connectivity index (χ0v) is 19.2. The molecule has 3 rings (SSSR count). The summed E-state index contributed by atoms with van der Waals surface area (Å²) in [6, 6.07) is 17.4. The quantitative estimate of drug-likeness (QED) is 0.603. The topological polar surface area (TPSA) is 65.1 Å². The summed E-state index contributed by atoms with van der Waals surface area (Å²) in [6.45, 7) is 6.39. The third-order valence-corrected chi connectivity index (χ3v) is 5.15. The molecule has 6 heteroatoms. The van der Waals surface area contributed by atoms with E-state index in [1.165, 1.54) is 0 Å². The maximum absolute atomic E-state index is 13.0. The van der Waals surface area contributed by atoms with Crippen molar-refractivity contribution in [2.24, 2.45) is 0 Å². The molecule has 0 spiro atoms. The van der Waals surface area contributed by atoms with Gasteiger partial charge in [-0.15, -0.1) is 0 Å². The second-order valence-electron chi connectivity index (χ2n) is 8.71. The molecule has 1 heterocycles. The fraction of sp³-hybridized carbons (Fsp3) is 0.385. The largest absolute Gasteiger partial charge is 0.497 e. The minimum atomic E-state index is -0.598. The van der Waals surface area contributed by atoms with Crippen molar-refractivity contribution in [2.75, 3.05) is 26.8 Å². The van der Waals surface area contributed by atoms with Crippen LogP contribution in [0.5, 0.6) is 5.75 Å². The molecule has 0 unspecified atom stereocenters. The minimum Gasteiger partial charge on any atom is -0.497 e. The molecule has 0 radical (unpaired) electrons. The Morgan fingerprint density at radius 3 is 2.31 bits per heavy atom. The molecule has 0 saturated carbocycles. The lowest BCUT2D eigenvalue weighted by molar-refractivity contribution is -0.139. The van der Waals surface area contributed by atoms with Crippen molar-refractivity contribution in [3.8, 4) is 5.75 Å². The third kappa shape index (κ3) is 6.36. The summed E-state index contributed by atoms with van der Waals surface area (Å²) in [5, 5.41) is 0. The van der Waals surface area contributed by atoms with Crippen molar-refractivity contribution < 1.29 is 23.8 Å². The molecule has 1 amide bonds. The average molecular weight is 438 g/mol. The van der Waals surface area contributed by atoms with Crippen LogP contribution in [0.25, 0.3) is 5.57 Å². The fourth-order valence-electron chi connectivity index (χ4n) is 3.53. The number of carbonyl (C=O) groups is 2.